The van der Waals surface area contributed by atoms with Gasteiger partial charge in [0, 0.05) is 30.8 Å². The molecule has 0 aliphatic carbocycles. The molecule has 0 spiro atoms. The first-order valence-corrected chi connectivity index (χ1v) is 9.16. The summed E-state index contributed by atoms with van der Waals surface area (Å²) in [4.78, 5) is 26.5. The van der Waals surface area contributed by atoms with E-state index in [1.165, 1.54) is 4.90 Å². The summed E-state index contributed by atoms with van der Waals surface area (Å²) < 4.78 is 1.65. The van der Waals surface area contributed by atoms with Gasteiger partial charge in [-0.3, -0.25) is 9.48 Å². The Morgan fingerprint density at radius 1 is 1.15 bits per heavy atom. The van der Waals surface area contributed by atoms with Gasteiger partial charge in [0.25, 0.3) is 0 Å². The maximum atomic E-state index is 12.5. The third-order valence-electron chi connectivity index (χ3n) is 4.06. The second-order valence-corrected chi connectivity index (χ2v) is 7.55. The summed E-state index contributed by atoms with van der Waals surface area (Å²) in [5.41, 5.74) is 1.49. The number of nitrogens with one attached hydrogen (secondary N) is 2. The third-order valence-corrected chi connectivity index (χ3v) is 4.06. The van der Waals surface area contributed by atoms with Crippen LogP contribution in [0.5, 0.6) is 0 Å². The fourth-order valence-corrected chi connectivity index (χ4v) is 2.55. The smallest absolute Gasteiger partial charge is 0.315 e. The lowest BCUT2D eigenvalue weighted by atomic mass is 9.92. The number of carbonyl (C=O) groups is 2. The number of aryl methyl sites for hydroxylation is 1. The van der Waals surface area contributed by atoms with E-state index in [1.54, 1.807) is 11.7 Å². The van der Waals surface area contributed by atoms with Crippen molar-refractivity contribution in [3.63, 3.8) is 0 Å². The number of rotatable bonds is 6. The zero-order valence-corrected chi connectivity index (χ0v) is 16.7. The molecule has 1 heterocycles. The number of hydrogen-bond acceptors (Lipinski definition) is 3. The normalized spacial score (nSPS) is 11.1. The Kier molecular flexibility index (Phi) is 6.60. The molecule has 146 valence electrons. The Bertz CT molecular complexity index is 777. The minimum absolute atomic E-state index is 0.0253. The molecule has 7 heteroatoms. The molecule has 0 saturated heterocycles. The molecule has 0 unspecified atom stereocenters. The van der Waals surface area contributed by atoms with Crippen molar-refractivity contribution in [3.05, 3.63) is 42.1 Å². The highest BCUT2D eigenvalue weighted by Gasteiger charge is 2.21. The van der Waals surface area contributed by atoms with Gasteiger partial charge in [0.15, 0.2) is 0 Å². The van der Waals surface area contributed by atoms with Crippen molar-refractivity contribution in [3.8, 4) is 0 Å². The zero-order chi connectivity index (χ0) is 20.0. The van der Waals surface area contributed by atoms with E-state index < -0.39 is 0 Å². The van der Waals surface area contributed by atoms with Gasteiger partial charge in [0.2, 0.25) is 5.91 Å². The Morgan fingerprint density at radius 3 is 2.37 bits per heavy atom. The highest BCUT2D eigenvalue weighted by Crippen LogP contribution is 2.23. The minimum atomic E-state index is -0.293. The predicted octanol–water partition coefficient (Wildman–Crippen LogP) is 3.60. The largest absolute Gasteiger partial charge is 0.322 e. The van der Waals surface area contributed by atoms with E-state index in [1.807, 2.05) is 43.3 Å². The first-order chi connectivity index (χ1) is 12.7. The molecule has 1 aromatic carbocycles. The van der Waals surface area contributed by atoms with Crippen LogP contribution in [0, 0.1) is 0 Å². The van der Waals surface area contributed by atoms with Crippen molar-refractivity contribution in [2.45, 2.75) is 39.5 Å². The maximum Gasteiger partial charge on any atom is 0.322 e. The van der Waals surface area contributed by atoms with Gasteiger partial charge in [-0.1, -0.05) is 45.9 Å². The molecule has 0 bridgehead atoms. The molecule has 7 nitrogen and oxygen atoms in total. The average Bonchev–Trinajstić information content (AvgIpc) is 2.96. The van der Waals surface area contributed by atoms with E-state index in [0.717, 1.165) is 12.1 Å². The molecule has 3 amide bonds. The molecule has 2 N–H and O–H groups in total. The van der Waals surface area contributed by atoms with Gasteiger partial charge in [0.1, 0.15) is 12.4 Å². The van der Waals surface area contributed by atoms with Crippen molar-refractivity contribution >= 4 is 23.4 Å². The summed E-state index contributed by atoms with van der Waals surface area (Å²) in [6, 6.07) is 10.8. The molecule has 2 rings (SSSR count). The van der Waals surface area contributed by atoms with Crippen LogP contribution in [0.15, 0.2) is 36.4 Å². The zero-order valence-electron chi connectivity index (χ0n) is 16.7. The number of anilines is 2. The van der Waals surface area contributed by atoms with E-state index >= 15 is 0 Å². The quantitative estimate of drug-likeness (QED) is 0.814. The molecule has 1 aromatic heterocycles. The SMILES string of the molecule is CCCN(CC(=O)Nc1cc(C(C)(C)C)nn1C)C(=O)Nc1ccccc1. The van der Waals surface area contributed by atoms with Gasteiger partial charge in [0.05, 0.1) is 5.69 Å². The second kappa shape index (κ2) is 8.70. The summed E-state index contributed by atoms with van der Waals surface area (Å²) in [5.74, 6) is 0.361. The highest BCUT2D eigenvalue weighted by atomic mass is 16.2. The van der Waals surface area contributed by atoms with Crippen molar-refractivity contribution in [1.29, 1.82) is 0 Å². The summed E-state index contributed by atoms with van der Waals surface area (Å²) in [6.07, 6.45) is 0.759. The van der Waals surface area contributed by atoms with E-state index in [9.17, 15) is 9.59 Å². The Morgan fingerprint density at radius 2 is 1.81 bits per heavy atom. The Labute approximate surface area is 160 Å². The number of benzene rings is 1. The van der Waals surface area contributed by atoms with Crippen LogP contribution in [-0.4, -0.2) is 39.7 Å². The fourth-order valence-electron chi connectivity index (χ4n) is 2.55. The second-order valence-electron chi connectivity index (χ2n) is 7.55. The standard InChI is InChI=1S/C20H29N5O2/c1-6-12-25(19(27)21-15-10-8-7-9-11-15)14-18(26)22-17-13-16(20(2,3)4)23-24(17)5/h7-11,13H,6,12,14H2,1-5H3,(H,21,27)(H,22,26). The van der Waals surface area contributed by atoms with Crippen LogP contribution in [0.3, 0.4) is 0 Å². The molecule has 0 fully saturated rings. The van der Waals surface area contributed by atoms with Crippen LogP contribution in [0.2, 0.25) is 0 Å². The number of aromatic nitrogens is 2. The van der Waals surface area contributed by atoms with Crippen molar-refractivity contribution in [1.82, 2.24) is 14.7 Å². The van der Waals surface area contributed by atoms with Crippen molar-refractivity contribution in [2.75, 3.05) is 23.7 Å². The van der Waals surface area contributed by atoms with Crippen LogP contribution < -0.4 is 10.6 Å². The fraction of sp³-hybridized carbons (Fsp3) is 0.450. The predicted molar refractivity (Wildman–Crippen MR) is 108 cm³/mol. The molecule has 2 aromatic rings. The van der Waals surface area contributed by atoms with Crippen molar-refractivity contribution in [2.24, 2.45) is 7.05 Å². The molecular weight excluding hydrogens is 342 g/mol. The lowest BCUT2D eigenvalue weighted by Gasteiger charge is -2.22. The summed E-state index contributed by atoms with van der Waals surface area (Å²) in [5, 5.41) is 10.1. The van der Waals surface area contributed by atoms with E-state index in [-0.39, 0.29) is 23.9 Å². The van der Waals surface area contributed by atoms with Crippen LogP contribution in [0.4, 0.5) is 16.3 Å². The maximum absolute atomic E-state index is 12.5. The van der Waals surface area contributed by atoms with Crippen LogP contribution in [-0.2, 0) is 17.3 Å². The molecule has 0 radical (unpaired) electrons. The van der Waals surface area contributed by atoms with Crippen molar-refractivity contribution < 1.29 is 9.59 Å². The van der Waals surface area contributed by atoms with Gasteiger partial charge in [-0.2, -0.15) is 5.10 Å². The number of urea groups is 1. The van der Waals surface area contributed by atoms with Crippen LogP contribution in [0.1, 0.15) is 39.8 Å². The third kappa shape index (κ3) is 5.84. The number of carbonyl (C=O) groups excluding carboxylic acids is 2. The van der Waals surface area contributed by atoms with Gasteiger partial charge in [-0.15, -0.1) is 0 Å². The number of hydrogen-bond donors (Lipinski definition) is 2. The number of nitrogens with zero attached hydrogens (tertiary/aromatic N) is 3. The van der Waals surface area contributed by atoms with E-state index in [0.29, 0.717) is 18.1 Å². The highest BCUT2D eigenvalue weighted by molar-refractivity contribution is 5.96. The summed E-state index contributed by atoms with van der Waals surface area (Å²) in [7, 11) is 1.79. The average molecular weight is 371 g/mol. The molecular formula is C20H29N5O2. The minimum Gasteiger partial charge on any atom is -0.315 e. The van der Waals surface area contributed by atoms with E-state index in [4.69, 9.17) is 0 Å². The first-order valence-electron chi connectivity index (χ1n) is 9.16. The summed E-state index contributed by atoms with van der Waals surface area (Å²) >= 11 is 0. The Balaban J connectivity index is 2.02. The van der Waals surface area contributed by atoms with Crippen LogP contribution >= 0.6 is 0 Å². The van der Waals surface area contributed by atoms with Gasteiger partial charge in [-0.05, 0) is 18.6 Å². The monoisotopic (exact) mass is 371 g/mol. The molecule has 0 aliphatic rings. The summed E-state index contributed by atoms with van der Waals surface area (Å²) in [6.45, 7) is 8.64. The topological polar surface area (TPSA) is 79.3 Å². The molecule has 27 heavy (non-hydrogen) atoms. The van der Waals surface area contributed by atoms with Gasteiger partial charge in [-0.25, -0.2) is 4.79 Å². The number of para-hydroxylation sites is 1. The molecule has 0 atom stereocenters. The lowest BCUT2D eigenvalue weighted by Crippen LogP contribution is -2.41. The molecule has 0 aliphatic heterocycles. The van der Waals surface area contributed by atoms with Gasteiger partial charge >= 0.3 is 6.03 Å². The number of amides is 3. The van der Waals surface area contributed by atoms with Crippen LogP contribution in [0.25, 0.3) is 0 Å². The lowest BCUT2D eigenvalue weighted by molar-refractivity contribution is -0.116. The first kappa shape index (κ1) is 20.5. The Hall–Kier alpha value is -2.83. The van der Waals surface area contributed by atoms with E-state index in [2.05, 4.69) is 36.5 Å². The molecule has 0 saturated carbocycles. The van der Waals surface area contributed by atoms with Gasteiger partial charge < -0.3 is 15.5 Å².